The van der Waals surface area contributed by atoms with Crippen LogP contribution in [0.25, 0.3) is 22.1 Å². The monoisotopic (exact) mass is 481 g/mol. The van der Waals surface area contributed by atoms with Crippen LogP contribution in [-0.4, -0.2) is 33.7 Å². The second-order valence-electron chi connectivity index (χ2n) is 8.11. The van der Waals surface area contributed by atoms with Gasteiger partial charge in [-0.05, 0) is 48.9 Å². The predicted octanol–water partition coefficient (Wildman–Crippen LogP) is 5.15. The summed E-state index contributed by atoms with van der Waals surface area (Å²) in [4.78, 5) is 29.6. The first-order chi connectivity index (χ1) is 17.5. The molecule has 1 unspecified atom stereocenters. The van der Waals surface area contributed by atoms with Crippen molar-refractivity contribution in [1.82, 2.24) is 14.8 Å². The molecule has 3 aromatic carbocycles. The minimum Gasteiger partial charge on any atom is -0.497 e. The van der Waals surface area contributed by atoms with E-state index >= 15 is 0 Å². The number of ether oxygens (including phenoxy) is 1. The Labute approximate surface area is 206 Å². The summed E-state index contributed by atoms with van der Waals surface area (Å²) >= 11 is 0. The molecule has 0 spiro atoms. The molecule has 180 valence electrons. The van der Waals surface area contributed by atoms with Crippen LogP contribution in [0.5, 0.6) is 5.75 Å². The average Bonchev–Trinajstić information content (AvgIpc) is 3.58. The first-order valence-corrected chi connectivity index (χ1v) is 11.3. The van der Waals surface area contributed by atoms with Gasteiger partial charge >= 0.3 is 0 Å². The number of methoxy groups -OCH3 is 1. The number of furan rings is 1. The molecule has 0 fully saturated rings. The Morgan fingerprint density at radius 1 is 0.972 bits per heavy atom. The topological polar surface area (TPSA) is 111 Å². The van der Waals surface area contributed by atoms with Crippen LogP contribution in [0.1, 0.15) is 23.5 Å². The van der Waals surface area contributed by atoms with Gasteiger partial charge in [-0.2, -0.15) is 5.10 Å². The largest absolute Gasteiger partial charge is 0.497 e. The van der Waals surface area contributed by atoms with E-state index in [9.17, 15) is 9.59 Å². The van der Waals surface area contributed by atoms with Crippen molar-refractivity contribution in [1.29, 1.82) is 0 Å². The van der Waals surface area contributed by atoms with Crippen LogP contribution in [0.3, 0.4) is 0 Å². The highest BCUT2D eigenvalue weighted by molar-refractivity contribution is 6.12. The summed E-state index contributed by atoms with van der Waals surface area (Å²) in [6.45, 7) is 1.73. The molecule has 1 atom stereocenters. The molecule has 9 heteroatoms. The Balaban J connectivity index is 1.37. The Kier molecular flexibility index (Phi) is 6.19. The van der Waals surface area contributed by atoms with Crippen molar-refractivity contribution in [2.24, 2.45) is 0 Å². The summed E-state index contributed by atoms with van der Waals surface area (Å²) in [5.74, 6) is 0.213. The van der Waals surface area contributed by atoms with Crippen molar-refractivity contribution in [3.05, 3.63) is 91.2 Å². The van der Waals surface area contributed by atoms with Crippen molar-refractivity contribution >= 4 is 34.2 Å². The number of fused-ring (bicyclic) bond motifs is 1. The van der Waals surface area contributed by atoms with Crippen LogP contribution in [0.15, 0.2) is 89.9 Å². The van der Waals surface area contributed by atoms with E-state index in [1.807, 2.05) is 42.5 Å². The fourth-order valence-electron chi connectivity index (χ4n) is 3.86. The Morgan fingerprint density at radius 2 is 1.69 bits per heavy atom. The Morgan fingerprint density at radius 3 is 2.36 bits per heavy atom. The normalized spacial score (nSPS) is 11.7. The molecule has 2 N–H and O–H groups in total. The molecular formula is C27H23N5O4. The first-order valence-electron chi connectivity index (χ1n) is 11.3. The highest BCUT2D eigenvalue weighted by Gasteiger charge is 2.22. The number of carbonyl (C=O) groups excluding carboxylic acids is 2. The molecule has 0 radical (unpaired) electrons. The summed E-state index contributed by atoms with van der Waals surface area (Å²) in [5, 5.41) is 10.5. The smallest absolute Gasteiger partial charge is 0.292 e. The standard InChI is InChI=1S/C27H23N5O4/c1-17(32-16-28-15-29-32)26(33)30-19-8-10-20(11-9-19)31-27(34)25-24(18-6-4-3-5-7-18)22-13-12-21(35-2)14-23(22)36-25/h3-17H,1-2H3,(H,30,33)(H,31,34). The van der Waals surface area contributed by atoms with Gasteiger partial charge in [0, 0.05) is 28.4 Å². The number of carbonyl (C=O) groups is 2. The molecule has 0 bridgehead atoms. The van der Waals surface area contributed by atoms with Gasteiger partial charge in [-0.25, -0.2) is 9.67 Å². The highest BCUT2D eigenvalue weighted by Crippen LogP contribution is 2.37. The van der Waals surface area contributed by atoms with Gasteiger partial charge in [0.15, 0.2) is 0 Å². The molecule has 0 aliphatic carbocycles. The summed E-state index contributed by atoms with van der Waals surface area (Å²) in [6.07, 6.45) is 2.86. The third-order valence-corrected chi connectivity index (χ3v) is 5.79. The number of rotatable bonds is 7. The van der Waals surface area contributed by atoms with Gasteiger partial charge < -0.3 is 19.8 Å². The van der Waals surface area contributed by atoms with Crippen molar-refractivity contribution in [3.8, 4) is 16.9 Å². The van der Waals surface area contributed by atoms with Gasteiger partial charge in [0.25, 0.3) is 5.91 Å². The minimum atomic E-state index is -0.519. The van der Waals surface area contributed by atoms with E-state index in [1.165, 1.54) is 17.3 Å². The van der Waals surface area contributed by atoms with Gasteiger partial charge in [-0.1, -0.05) is 30.3 Å². The zero-order valence-electron chi connectivity index (χ0n) is 19.6. The van der Waals surface area contributed by atoms with E-state index in [0.29, 0.717) is 28.3 Å². The molecular weight excluding hydrogens is 458 g/mol. The molecule has 5 aromatic rings. The van der Waals surface area contributed by atoms with E-state index in [-0.39, 0.29) is 17.6 Å². The van der Waals surface area contributed by atoms with Crippen LogP contribution in [-0.2, 0) is 4.79 Å². The molecule has 9 nitrogen and oxygen atoms in total. The van der Waals surface area contributed by atoms with Gasteiger partial charge in [0.1, 0.15) is 30.0 Å². The number of hydrogen-bond donors (Lipinski definition) is 2. The van der Waals surface area contributed by atoms with Crippen molar-refractivity contribution in [2.75, 3.05) is 17.7 Å². The fraction of sp³-hybridized carbons (Fsp3) is 0.111. The Hall–Kier alpha value is -4.92. The maximum Gasteiger partial charge on any atom is 0.292 e. The highest BCUT2D eigenvalue weighted by atomic mass is 16.5. The third kappa shape index (κ3) is 4.54. The molecule has 36 heavy (non-hydrogen) atoms. The maximum atomic E-state index is 13.3. The first kappa shape index (κ1) is 22.9. The summed E-state index contributed by atoms with van der Waals surface area (Å²) in [5.41, 5.74) is 3.27. The number of hydrogen-bond acceptors (Lipinski definition) is 6. The van der Waals surface area contributed by atoms with Crippen LogP contribution in [0, 0.1) is 0 Å². The molecule has 0 aliphatic rings. The molecule has 0 saturated carbocycles. The van der Waals surface area contributed by atoms with E-state index in [2.05, 4.69) is 20.7 Å². The van der Waals surface area contributed by atoms with Gasteiger partial charge in [-0.15, -0.1) is 0 Å². The molecule has 2 heterocycles. The quantitative estimate of drug-likeness (QED) is 0.332. The molecule has 0 aliphatic heterocycles. The number of nitrogens with one attached hydrogen (secondary N) is 2. The summed E-state index contributed by atoms with van der Waals surface area (Å²) in [7, 11) is 1.58. The molecule has 2 aromatic heterocycles. The van der Waals surface area contributed by atoms with Gasteiger partial charge in [0.05, 0.1) is 7.11 Å². The number of aromatic nitrogens is 3. The summed E-state index contributed by atoms with van der Waals surface area (Å²) in [6, 6.07) is 21.4. The lowest BCUT2D eigenvalue weighted by atomic mass is 10.0. The van der Waals surface area contributed by atoms with Crippen molar-refractivity contribution < 1.29 is 18.7 Å². The maximum absolute atomic E-state index is 13.3. The number of benzene rings is 3. The lowest BCUT2D eigenvalue weighted by Gasteiger charge is -2.12. The summed E-state index contributed by atoms with van der Waals surface area (Å²) < 4.78 is 12.8. The third-order valence-electron chi connectivity index (χ3n) is 5.79. The molecule has 2 amide bonds. The Bertz CT molecular complexity index is 1510. The zero-order valence-corrected chi connectivity index (χ0v) is 19.6. The van der Waals surface area contributed by atoms with Crippen LogP contribution >= 0.6 is 0 Å². The second-order valence-corrected chi connectivity index (χ2v) is 8.11. The van der Waals surface area contributed by atoms with Gasteiger partial charge in [-0.3, -0.25) is 9.59 Å². The predicted molar refractivity (Wildman–Crippen MR) is 136 cm³/mol. The molecule has 5 rings (SSSR count). The second kappa shape index (κ2) is 9.75. The van der Waals surface area contributed by atoms with Crippen molar-refractivity contribution in [3.63, 3.8) is 0 Å². The van der Waals surface area contributed by atoms with E-state index in [1.54, 1.807) is 44.4 Å². The van der Waals surface area contributed by atoms with E-state index < -0.39 is 6.04 Å². The van der Waals surface area contributed by atoms with E-state index in [0.717, 1.165) is 10.9 Å². The molecule has 0 saturated heterocycles. The lowest BCUT2D eigenvalue weighted by molar-refractivity contribution is -0.119. The number of anilines is 2. The van der Waals surface area contributed by atoms with E-state index in [4.69, 9.17) is 9.15 Å². The van der Waals surface area contributed by atoms with Crippen molar-refractivity contribution in [2.45, 2.75) is 13.0 Å². The fourth-order valence-corrected chi connectivity index (χ4v) is 3.86. The average molecular weight is 482 g/mol. The lowest BCUT2D eigenvalue weighted by Crippen LogP contribution is -2.24. The minimum absolute atomic E-state index is 0.198. The number of amides is 2. The van der Waals surface area contributed by atoms with Crippen LogP contribution < -0.4 is 15.4 Å². The van der Waals surface area contributed by atoms with Gasteiger partial charge in [0.2, 0.25) is 11.7 Å². The SMILES string of the molecule is COc1ccc2c(-c3ccccc3)c(C(=O)Nc3ccc(NC(=O)C(C)n4cncn4)cc3)oc2c1. The van der Waals surface area contributed by atoms with Crippen LogP contribution in [0.2, 0.25) is 0 Å². The van der Waals surface area contributed by atoms with Crippen LogP contribution in [0.4, 0.5) is 11.4 Å². The number of nitrogens with zero attached hydrogens (tertiary/aromatic N) is 3. The zero-order chi connectivity index (χ0) is 25.1.